The molecule has 0 bridgehead atoms. The first-order valence-corrected chi connectivity index (χ1v) is 8.65. The molecule has 0 amide bonds. The number of halogens is 1. The van der Waals surface area contributed by atoms with Crippen LogP contribution in [0, 0.1) is 0 Å². The molecule has 1 aliphatic rings. The molecule has 0 spiro atoms. The number of rotatable bonds is 3. The van der Waals surface area contributed by atoms with Crippen molar-refractivity contribution in [2.75, 3.05) is 11.1 Å². The number of hydrogen-bond acceptors (Lipinski definition) is 3. The minimum Gasteiger partial charge on any atom is -0.355 e. The summed E-state index contributed by atoms with van der Waals surface area (Å²) in [6.45, 7) is 4.14. The van der Waals surface area contributed by atoms with Gasteiger partial charge in [-0.1, -0.05) is 24.2 Å². The third kappa shape index (κ3) is 3.42. The van der Waals surface area contributed by atoms with E-state index in [1.165, 1.54) is 22.6 Å². The molecule has 2 aromatic carbocycles. The van der Waals surface area contributed by atoms with E-state index in [0.29, 0.717) is 5.02 Å². The Bertz CT molecular complexity index is 697. The van der Waals surface area contributed by atoms with E-state index in [1.807, 2.05) is 30.0 Å². The number of benzene rings is 2. The van der Waals surface area contributed by atoms with Crippen LogP contribution in [0.5, 0.6) is 0 Å². The second kappa shape index (κ2) is 6.39. The Morgan fingerprint density at radius 2 is 2.10 bits per heavy atom. The summed E-state index contributed by atoms with van der Waals surface area (Å²) in [4.78, 5) is 2.18. The molecule has 3 rings (SSSR count). The molecule has 0 atom stereocenters. The molecule has 0 saturated heterocycles. The molecule has 4 heteroatoms. The lowest BCUT2D eigenvalue weighted by Crippen LogP contribution is -2.02. The Labute approximate surface area is 140 Å². The van der Waals surface area contributed by atoms with E-state index in [-0.39, 0.29) is 0 Å². The first kappa shape index (κ1) is 14.9. The highest BCUT2D eigenvalue weighted by atomic mass is 35.5. The highest BCUT2D eigenvalue weighted by Crippen LogP contribution is 2.32. The summed E-state index contributed by atoms with van der Waals surface area (Å²) in [5.41, 5.74) is 4.36. The largest absolute Gasteiger partial charge is 0.355 e. The SMILES string of the molecule is C=C(Nc1ccc(S)c(Cl)c1)c1ccc2c(c1)CCCS2. The first-order valence-electron chi connectivity index (χ1n) is 6.84. The summed E-state index contributed by atoms with van der Waals surface area (Å²) in [5, 5.41) is 3.95. The quantitative estimate of drug-likeness (QED) is 0.693. The van der Waals surface area contributed by atoms with Crippen molar-refractivity contribution in [1.29, 1.82) is 0 Å². The number of nitrogens with one attached hydrogen (secondary N) is 1. The van der Waals surface area contributed by atoms with Gasteiger partial charge in [-0.25, -0.2) is 0 Å². The van der Waals surface area contributed by atoms with E-state index in [9.17, 15) is 0 Å². The summed E-state index contributed by atoms with van der Waals surface area (Å²) in [6.07, 6.45) is 2.41. The molecule has 108 valence electrons. The molecule has 21 heavy (non-hydrogen) atoms. The van der Waals surface area contributed by atoms with E-state index in [4.69, 9.17) is 11.6 Å². The third-order valence-corrected chi connectivity index (χ3v) is 5.54. The maximum absolute atomic E-state index is 6.09. The summed E-state index contributed by atoms with van der Waals surface area (Å²) in [6, 6.07) is 12.3. The average Bonchev–Trinajstić information content (AvgIpc) is 2.50. The Balaban J connectivity index is 1.80. The van der Waals surface area contributed by atoms with E-state index in [0.717, 1.165) is 28.3 Å². The van der Waals surface area contributed by atoms with Crippen LogP contribution in [0.1, 0.15) is 17.5 Å². The minimum atomic E-state index is 0.637. The van der Waals surface area contributed by atoms with Crippen LogP contribution in [0.2, 0.25) is 5.02 Å². The van der Waals surface area contributed by atoms with Crippen molar-refractivity contribution in [2.45, 2.75) is 22.6 Å². The molecule has 1 aliphatic heterocycles. The highest BCUT2D eigenvalue weighted by Gasteiger charge is 2.11. The Kier molecular flexibility index (Phi) is 4.53. The van der Waals surface area contributed by atoms with Crippen molar-refractivity contribution in [3.63, 3.8) is 0 Å². The number of fused-ring (bicyclic) bond motifs is 1. The van der Waals surface area contributed by atoms with Gasteiger partial charge in [-0.3, -0.25) is 0 Å². The van der Waals surface area contributed by atoms with Crippen molar-refractivity contribution < 1.29 is 0 Å². The van der Waals surface area contributed by atoms with Gasteiger partial charge in [0.05, 0.1) is 5.02 Å². The predicted molar refractivity (Wildman–Crippen MR) is 96.8 cm³/mol. The van der Waals surface area contributed by atoms with Crippen LogP contribution in [-0.2, 0) is 6.42 Å². The Hall–Kier alpha value is -1.03. The maximum atomic E-state index is 6.09. The summed E-state index contributed by atoms with van der Waals surface area (Å²) < 4.78 is 0. The lowest BCUT2D eigenvalue weighted by Gasteiger charge is -2.17. The third-order valence-electron chi connectivity index (χ3n) is 3.50. The number of thioether (sulfide) groups is 1. The Morgan fingerprint density at radius 3 is 2.90 bits per heavy atom. The zero-order valence-corrected chi connectivity index (χ0v) is 14.0. The fourth-order valence-electron chi connectivity index (χ4n) is 2.38. The van der Waals surface area contributed by atoms with Gasteiger partial charge < -0.3 is 5.32 Å². The van der Waals surface area contributed by atoms with Gasteiger partial charge in [0.15, 0.2) is 0 Å². The predicted octanol–water partition coefficient (Wildman–Crippen LogP) is 5.75. The van der Waals surface area contributed by atoms with Crippen LogP contribution in [0.15, 0.2) is 52.8 Å². The van der Waals surface area contributed by atoms with Gasteiger partial charge in [0.1, 0.15) is 0 Å². The van der Waals surface area contributed by atoms with E-state index < -0.39 is 0 Å². The standard InChI is InChI=1S/C17H16ClNS2/c1-11(19-14-5-6-16(20)15(18)10-14)12-4-7-17-13(9-12)3-2-8-21-17/h4-7,9-10,19-20H,1-3,8H2. The van der Waals surface area contributed by atoms with Crippen molar-refractivity contribution in [2.24, 2.45) is 0 Å². The highest BCUT2D eigenvalue weighted by molar-refractivity contribution is 7.99. The molecule has 1 heterocycles. The van der Waals surface area contributed by atoms with Gasteiger partial charge >= 0.3 is 0 Å². The lowest BCUT2D eigenvalue weighted by molar-refractivity contribution is 0.889. The van der Waals surface area contributed by atoms with Crippen molar-refractivity contribution in [1.82, 2.24) is 0 Å². The fraction of sp³-hybridized carbons (Fsp3) is 0.176. The molecule has 2 aromatic rings. The molecule has 0 unspecified atom stereocenters. The van der Waals surface area contributed by atoms with Gasteiger partial charge in [-0.05, 0) is 60.1 Å². The van der Waals surface area contributed by atoms with Crippen molar-refractivity contribution >= 4 is 47.4 Å². The van der Waals surface area contributed by atoms with E-state index >= 15 is 0 Å². The second-order valence-electron chi connectivity index (χ2n) is 5.04. The molecule has 0 aromatic heterocycles. The van der Waals surface area contributed by atoms with Crippen LogP contribution in [0.4, 0.5) is 5.69 Å². The normalized spacial score (nSPS) is 13.6. The maximum Gasteiger partial charge on any atom is 0.0559 e. The monoisotopic (exact) mass is 333 g/mol. The molecule has 1 N–H and O–H groups in total. The molecule has 0 saturated carbocycles. The molecular weight excluding hydrogens is 318 g/mol. The molecule has 0 aliphatic carbocycles. The molecular formula is C17H16ClNS2. The van der Waals surface area contributed by atoms with Crippen LogP contribution in [-0.4, -0.2) is 5.75 Å². The number of anilines is 1. The number of aryl methyl sites for hydroxylation is 1. The zero-order valence-electron chi connectivity index (χ0n) is 11.5. The molecule has 1 nitrogen and oxygen atoms in total. The first-order chi connectivity index (χ1) is 10.1. The second-order valence-corrected chi connectivity index (χ2v) is 7.07. The average molecular weight is 334 g/mol. The van der Waals surface area contributed by atoms with Crippen molar-refractivity contribution in [3.8, 4) is 0 Å². The smallest absolute Gasteiger partial charge is 0.0559 e. The minimum absolute atomic E-state index is 0.637. The topological polar surface area (TPSA) is 12.0 Å². The fourth-order valence-corrected chi connectivity index (χ4v) is 3.72. The summed E-state index contributed by atoms with van der Waals surface area (Å²) in [5.74, 6) is 1.22. The molecule has 0 radical (unpaired) electrons. The van der Waals surface area contributed by atoms with Gasteiger partial charge in [-0.15, -0.1) is 24.4 Å². The summed E-state index contributed by atoms with van der Waals surface area (Å²) >= 11 is 12.3. The van der Waals surface area contributed by atoms with Crippen molar-refractivity contribution in [3.05, 3.63) is 59.1 Å². The van der Waals surface area contributed by atoms with Gasteiger partial charge in [0.25, 0.3) is 0 Å². The number of hydrogen-bond donors (Lipinski definition) is 2. The summed E-state index contributed by atoms with van der Waals surface area (Å²) in [7, 11) is 0. The molecule has 0 fully saturated rings. The van der Waals surface area contributed by atoms with Crippen LogP contribution >= 0.6 is 36.0 Å². The number of thiol groups is 1. The van der Waals surface area contributed by atoms with Crippen LogP contribution in [0.3, 0.4) is 0 Å². The Morgan fingerprint density at radius 1 is 1.24 bits per heavy atom. The van der Waals surface area contributed by atoms with Gasteiger partial charge in [0, 0.05) is 21.2 Å². The van der Waals surface area contributed by atoms with E-state index in [1.54, 1.807) is 0 Å². The van der Waals surface area contributed by atoms with Gasteiger partial charge in [-0.2, -0.15) is 0 Å². The van der Waals surface area contributed by atoms with Gasteiger partial charge in [0.2, 0.25) is 0 Å². The lowest BCUT2D eigenvalue weighted by atomic mass is 10.0. The van der Waals surface area contributed by atoms with Crippen LogP contribution < -0.4 is 5.32 Å². The van der Waals surface area contributed by atoms with Crippen LogP contribution in [0.25, 0.3) is 5.70 Å². The zero-order chi connectivity index (χ0) is 14.8. The van der Waals surface area contributed by atoms with E-state index in [2.05, 4.69) is 42.7 Å².